The third-order valence-corrected chi connectivity index (χ3v) is 3.74. The van der Waals surface area contributed by atoms with E-state index in [1.165, 1.54) is 12.1 Å². The number of hydrogen-bond donors (Lipinski definition) is 0. The molecule has 0 saturated carbocycles. The van der Waals surface area contributed by atoms with Crippen LogP contribution in [0.15, 0.2) is 40.9 Å². The fourth-order valence-electron chi connectivity index (χ4n) is 2.40. The summed E-state index contributed by atoms with van der Waals surface area (Å²) in [6, 6.07) is 9.87. The predicted octanol–water partition coefficient (Wildman–Crippen LogP) is 4.07. The van der Waals surface area contributed by atoms with E-state index in [4.69, 9.17) is 0 Å². The van der Waals surface area contributed by atoms with Crippen LogP contribution in [-0.4, -0.2) is 6.98 Å². The lowest BCUT2D eigenvalue weighted by molar-refractivity contribution is 0.501. The molecule has 0 fully saturated rings. The molecule has 0 atom stereocenters. The molecule has 2 aromatic carbocycles. The van der Waals surface area contributed by atoms with Crippen LogP contribution in [0.2, 0.25) is 0 Å². The minimum Gasteiger partial charge on any atom is -0.445 e. The fourth-order valence-corrected chi connectivity index (χ4v) is 2.81. The molecule has 1 aliphatic rings. The lowest BCUT2D eigenvalue weighted by atomic mass is 9.79. The van der Waals surface area contributed by atoms with E-state index in [0.717, 1.165) is 26.7 Å². The Morgan fingerprint density at radius 1 is 0.889 bits per heavy atom. The van der Waals surface area contributed by atoms with E-state index in [1.54, 1.807) is 6.07 Å². The molecule has 0 heterocycles. The third-order valence-electron chi connectivity index (χ3n) is 3.25. The summed E-state index contributed by atoms with van der Waals surface area (Å²) in [6.45, 7) is -4.92. The first-order chi connectivity index (χ1) is 8.45. The Morgan fingerprint density at radius 3 is 2.17 bits per heavy atom. The molecule has 3 rings (SSSR count). The lowest BCUT2D eigenvalue weighted by Gasteiger charge is -2.15. The SMILES string of the molecule is F[B-](F)(F)c1ccc2c(c1)Cc1cc(Br)ccc1-2. The van der Waals surface area contributed by atoms with Gasteiger partial charge in [0.1, 0.15) is 0 Å². The van der Waals surface area contributed by atoms with Crippen LogP contribution in [0.5, 0.6) is 0 Å². The monoisotopic (exact) mass is 311 g/mol. The summed E-state index contributed by atoms with van der Waals surface area (Å²) in [7, 11) is 0. The average molecular weight is 312 g/mol. The topological polar surface area (TPSA) is 0 Å². The molecular weight excluding hydrogens is 304 g/mol. The molecule has 1 aliphatic carbocycles. The molecule has 5 heteroatoms. The zero-order chi connectivity index (χ0) is 12.9. The average Bonchev–Trinajstić information content (AvgIpc) is 2.63. The molecule has 0 unspecified atom stereocenters. The van der Waals surface area contributed by atoms with Gasteiger partial charge in [0.2, 0.25) is 0 Å². The molecule has 0 saturated heterocycles. The molecule has 0 spiro atoms. The Labute approximate surface area is 111 Å². The summed E-state index contributed by atoms with van der Waals surface area (Å²) in [5.41, 5.74) is 3.28. The Hall–Kier alpha value is -1.23. The first kappa shape index (κ1) is 11.8. The van der Waals surface area contributed by atoms with Gasteiger partial charge < -0.3 is 12.9 Å². The summed E-state index contributed by atoms with van der Waals surface area (Å²) in [5.74, 6) is 0. The largest absolute Gasteiger partial charge is 0.509 e. The summed E-state index contributed by atoms with van der Waals surface area (Å²) in [5, 5.41) is 0. The van der Waals surface area contributed by atoms with Crippen LogP contribution in [-0.2, 0) is 6.42 Å². The van der Waals surface area contributed by atoms with E-state index in [-0.39, 0.29) is 0 Å². The van der Waals surface area contributed by atoms with Crippen molar-refractivity contribution < 1.29 is 12.9 Å². The summed E-state index contributed by atoms with van der Waals surface area (Å²) in [4.78, 5) is 0. The first-order valence-corrected chi connectivity index (χ1v) is 6.36. The molecule has 0 aromatic heterocycles. The van der Waals surface area contributed by atoms with Gasteiger partial charge in [-0.1, -0.05) is 40.2 Å². The van der Waals surface area contributed by atoms with E-state index in [1.807, 2.05) is 18.2 Å². The van der Waals surface area contributed by atoms with Gasteiger partial charge in [0.25, 0.3) is 0 Å². The third kappa shape index (κ3) is 1.86. The van der Waals surface area contributed by atoms with Gasteiger partial charge in [-0.2, -0.15) is 0 Å². The highest BCUT2D eigenvalue weighted by atomic mass is 79.9. The normalized spacial score (nSPS) is 13.3. The van der Waals surface area contributed by atoms with E-state index in [2.05, 4.69) is 15.9 Å². The lowest BCUT2D eigenvalue weighted by Crippen LogP contribution is -2.34. The van der Waals surface area contributed by atoms with Crippen molar-refractivity contribution in [2.24, 2.45) is 0 Å². The van der Waals surface area contributed by atoms with Crippen molar-refractivity contribution in [3.8, 4) is 11.1 Å². The van der Waals surface area contributed by atoms with E-state index >= 15 is 0 Å². The van der Waals surface area contributed by atoms with E-state index in [9.17, 15) is 12.9 Å². The number of halogens is 4. The Bertz CT molecular complexity index is 635. The maximum atomic E-state index is 12.7. The minimum atomic E-state index is -4.92. The molecule has 0 radical (unpaired) electrons. The molecule has 0 amide bonds. The highest BCUT2D eigenvalue weighted by molar-refractivity contribution is 9.10. The van der Waals surface area contributed by atoms with Crippen molar-refractivity contribution in [1.29, 1.82) is 0 Å². The van der Waals surface area contributed by atoms with Crippen LogP contribution in [0.3, 0.4) is 0 Å². The molecule has 2 aromatic rings. The highest BCUT2D eigenvalue weighted by Gasteiger charge is 2.27. The Morgan fingerprint density at radius 2 is 1.50 bits per heavy atom. The number of hydrogen-bond acceptors (Lipinski definition) is 0. The van der Waals surface area contributed by atoms with Crippen molar-refractivity contribution in [1.82, 2.24) is 0 Å². The molecule has 92 valence electrons. The van der Waals surface area contributed by atoms with Gasteiger partial charge in [0.05, 0.1) is 0 Å². The molecule has 0 aliphatic heterocycles. The number of fused-ring (bicyclic) bond motifs is 3. The van der Waals surface area contributed by atoms with Crippen LogP contribution in [0.4, 0.5) is 12.9 Å². The van der Waals surface area contributed by atoms with Crippen LogP contribution in [0.1, 0.15) is 11.1 Å². The number of rotatable bonds is 1. The summed E-state index contributed by atoms with van der Waals surface area (Å²) >= 11 is 3.38. The van der Waals surface area contributed by atoms with Gasteiger partial charge in [-0.15, -0.1) is 5.46 Å². The van der Waals surface area contributed by atoms with Crippen molar-refractivity contribution in [2.75, 3.05) is 0 Å². The van der Waals surface area contributed by atoms with Crippen molar-refractivity contribution in [2.45, 2.75) is 6.42 Å². The van der Waals surface area contributed by atoms with Crippen molar-refractivity contribution in [3.63, 3.8) is 0 Å². The predicted molar refractivity (Wildman–Crippen MR) is 71.1 cm³/mol. The Kier molecular flexibility index (Phi) is 2.56. The van der Waals surface area contributed by atoms with Gasteiger partial charge in [-0.3, -0.25) is 0 Å². The van der Waals surface area contributed by atoms with Gasteiger partial charge in [0.15, 0.2) is 0 Å². The van der Waals surface area contributed by atoms with Crippen LogP contribution >= 0.6 is 15.9 Å². The van der Waals surface area contributed by atoms with Crippen LogP contribution in [0.25, 0.3) is 11.1 Å². The quantitative estimate of drug-likeness (QED) is 0.594. The second-order valence-corrected chi connectivity index (χ2v) is 5.39. The van der Waals surface area contributed by atoms with Crippen molar-refractivity contribution in [3.05, 3.63) is 52.0 Å². The summed E-state index contributed by atoms with van der Waals surface area (Å²) in [6.07, 6.45) is 0.574. The van der Waals surface area contributed by atoms with Crippen LogP contribution < -0.4 is 5.46 Å². The Balaban J connectivity index is 2.12. The maximum Gasteiger partial charge on any atom is 0.509 e. The van der Waals surface area contributed by atoms with Gasteiger partial charge >= 0.3 is 6.98 Å². The number of benzene rings is 2. The van der Waals surface area contributed by atoms with Gasteiger partial charge in [-0.05, 0) is 40.8 Å². The second-order valence-electron chi connectivity index (χ2n) is 4.47. The smallest absolute Gasteiger partial charge is 0.445 e. The summed E-state index contributed by atoms with van der Waals surface area (Å²) < 4.78 is 39.1. The highest BCUT2D eigenvalue weighted by Crippen LogP contribution is 2.37. The van der Waals surface area contributed by atoms with Gasteiger partial charge in [-0.25, -0.2) is 0 Å². The van der Waals surface area contributed by atoms with E-state index < -0.39 is 12.4 Å². The standard InChI is InChI=1S/C13H8BBrF3/c15-11-2-4-13-9(7-11)5-8-6-10(14(16,17)18)1-3-12(8)13/h1-4,6-7H,5H2/q-1. The van der Waals surface area contributed by atoms with Gasteiger partial charge in [0, 0.05) is 4.47 Å². The second kappa shape index (κ2) is 3.88. The minimum absolute atomic E-state index is 0.513. The van der Waals surface area contributed by atoms with Crippen LogP contribution in [0, 0.1) is 0 Å². The molecule has 18 heavy (non-hydrogen) atoms. The van der Waals surface area contributed by atoms with E-state index in [0.29, 0.717) is 6.42 Å². The molecule has 0 nitrogen and oxygen atoms in total. The fraction of sp³-hybridized carbons (Fsp3) is 0.0769. The molecule has 0 bridgehead atoms. The zero-order valence-electron chi connectivity index (χ0n) is 9.26. The zero-order valence-corrected chi connectivity index (χ0v) is 10.8. The maximum absolute atomic E-state index is 12.7. The van der Waals surface area contributed by atoms with Crippen molar-refractivity contribution >= 4 is 28.4 Å². The first-order valence-electron chi connectivity index (χ1n) is 5.57. The molecular formula is C13H8BBrF3-. The molecule has 0 N–H and O–H groups in total.